The Labute approximate surface area is 139 Å². The molecule has 0 saturated carbocycles. The van der Waals surface area contributed by atoms with Gasteiger partial charge in [0.2, 0.25) is 0 Å². The molecule has 0 radical (unpaired) electrons. The molecule has 0 fully saturated rings. The van der Waals surface area contributed by atoms with E-state index in [1.165, 1.54) is 0 Å². The van der Waals surface area contributed by atoms with Gasteiger partial charge in [-0.1, -0.05) is 78.9 Å². The molecule has 2 nitrogen and oxygen atoms in total. The number of hydrogen-bond donors (Lipinski definition) is 0. The zero-order valence-corrected chi connectivity index (χ0v) is 12.9. The van der Waals surface area contributed by atoms with Crippen molar-refractivity contribution >= 4 is 33.6 Å². The first kappa shape index (κ1) is 14.3. The summed E-state index contributed by atoms with van der Waals surface area (Å²) in [6.45, 7) is 0. The fourth-order valence-electron chi connectivity index (χ4n) is 3.20. The van der Waals surface area contributed by atoms with Crippen molar-refractivity contribution in [2.75, 3.05) is 0 Å². The maximum Gasteiger partial charge on any atom is 0.194 e. The van der Waals surface area contributed by atoms with Crippen LogP contribution in [0.15, 0.2) is 78.9 Å². The van der Waals surface area contributed by atoms with Crippen LogP contribution in [0, 0.1) is 0 Å². The van der Waals surface area contributed by atoms with E-state index in [1.807, 2.05) is 72.8 Å². The summed E-state index contributed by atoms with van der Waals surface area (Å²) in [4.78, 5) is 24.8. The van der Waals surface area contributed by atoms with Gasteiger partial charge >= 0.3 is 0 Å². The maximum absolute atomic E-state index is 13.3. The fourth-order valence-corrected chi connectivity index (χ4v) is 3.20. The van der Waals surface area contributed by atoms with Crippen LogP contribution in [0.2, 0.25) is 0 Å². The predicted molar refractivity (Wildman–Crippen MR) is 96.7 cm³/mol. The minimum Gasteiger partial charge on any atom is -0.298 e. The minimum absolute atomic E-state index is 0.120. The number of aldehydes is 1. The monoisotopic (exact) mass is 310 g/mol. The van der Waals surface area contributed by atoms with Crippen LogP contribution in [0.3, 0.4) is 0 Å². The normalized spacial score (nSPS) is 10.8. The Hall–Kier alpha value is -3.26. The van der Waals surface area contributed by atoms with Crippen molar-refractivity contribution in [2.45, 2.75) is 0 Å². The summed E-state index contributed by atoms with van der Waals surface area (Å²) < 4.78 is 0. The Balaban J connectivity index is 2.03. The summed E-state index contributed by atoms with van der Waals surface area (Å²) >= 11 is 0. The van der Waals surface area contributed by atoms with E-state index in [2.05, 4.69) is 0 Å². The first-order chi connectivity index (χ1) is 11.8. The van der Waals surface area contributed by atoms with Gasteiger partial charge in [-0.2, -0.15) is 0 Å². The van der Waals surface area contributed by atoms with Gasteiger partial charge in [0.05, 0.1) is 0 Å². The Morgan fingerprint density at radius 2 is 1.29 bits per heavy atom. The molecule has 4 rings (SSSR count). The molecule has 0 aliphatic heterocycles. The minimum atomic E-state index is -0.120. The Morgan fingerprint density at radius 1 is 0.667 bits per heavy atom. The summed E-state index contributed by atoms with van der Waals surface area (Å²) in [5.41, 5.74) is 1.51. The molecule has 4 aromatic carbocycles. The van der Waals surface area contributed by atoms with E-state index in [0.29, 0.717) is 16.7 Å². The molecule has 0 heterocycles. The molecule has 0 saturated heterocycles. The van der Waals surface area contributed by atoms with Crippen LogP contribution in [-0.2, 0) is 0 Å². The van der Waals surface area contributed by atoms with Gasteiger partial charge in [-0.05, 0) is 21.5 Å². The molecular weight excluding hydrogens is 296 g/mol. The molecule has 4 aromatic rings. The number of ketones is 1. The molecular formula is C22H14O2. The second-order valence-electron chi connectivity index (χ2n) is 5.72. The third kappa shape index (κ3) is 2.20. The van der Waals surface area contributed by atoms with E-state index in [9.17, 15) is 9.59 Å². The highest BCUT2D eigenvalue weighted by molar-refractivity contribution is 6.24. The van der Waals surface area contributed by atoms with Crippen LogP contribution in [-0.4, -0.2) is 12.1 Å². The van der Waals surface area contributed by atoms with E-state index in [-0.39, 0.29) is 5.78 Å². The lowest BCUT2D eigenvalue weighted by atomic mass is 9.91. The molecule has 0 amide bonds. The van der Waals surface area contributed by atoms with Crippen LogP contribution in [0.25, 0.3) is 21.5 Å². The summed E-state index contributed by atoms with van der Waals surface area (Å²) in [5.74, 6) is -0.120. The molecule has 0 bridgehead atoms. The van der Waals surface area contributed by atoms with E-state index in [0.717, 1.165) is 27.8 Å². The second kappa shape index (κ2) is 5.74. The zero-order chi connectivity index (χ0) is 16.5. The number of carbonyl (C=O) groups excluding carboxylic acids is 2. The molecule has 0 spiro atoms. The van der Waals surface area contributed by atoms with Crippen molar-refractivity contribution in [1.29, 1.82) is 0 Å². The number of benzene rings is 4. The SMILES string of the molecule is O=Cc1ccc2ccccc2c1C(=O)c1cccc2ccccc12. The maximum atomic E-state index is 13.3. The average Bonchev–Trinajstić information content (AvgIpc) is 2.66. The Morgan fingerprint density at radius 3 is 2.04 bits per heavy atom. The summed E-state index contributed by atoms with van der Waals surface area (Å²) in [7, 11) is 0. The lowest BCUT2D eigenvalue weighted by Crippen LogP contribution is -2.07. The third-order valence-electron chi connectivity index (χ3n) is 4.35. The highest BCUT2D eigenvalue weighted by Gasteiger charge is 2.18. The lowest BCUT2D eigenvalue weighted by molar-refractivity contribution is 0.103. The van der Waals surface area contributed by atoms with Crippen LogP contribution in [0.4, 0.5) is 0 Å². The van der Waals surface area contributed by atoms with Crippen molar-refractivity contribution in [3.8, 4) is 0 Å². The van der Waals surface area contributed by atoms with Gasteiger partial charge in [-0.3, -0.25) is 9.59 Å². The van der Waals surface area contributed by atoms with Crippen molar-refractivity contribution < 1.29 is 9.59 Å². The van der Waals surface area contributed by atoms with Crippen LogP contribution in [0.5, 0.6) is 0 Å². The number of carbonyl (C=O) groups is 2. The number of rotatable bonds is 3. The molecule has 0 N–H and O–H groups in total. The average molecular weight is 310 g/mol. The van der Waals surface area contributed by atoms with Gasteiger partial charge in [-0.25, -0.2) is 0 Å². The molecule has 0 atom stereocenters. The number of hydrogen-bond acceptors (Lipinski definition) is 2. The topological polar surface area (TPSA) is 34.1 Å². The fraction of sp³-hybridized carbons (Fsp3) is 0. The largest absolute Gasteiger partial charge is 0.298 e. The van der Waals surface area contributed by atoms with Gasteiger partial charge in [0.25, 0.3) is 0 Å². The van der Waals surface area contributed by atoms with Gasteiger partial charge in [0.1, 0.15) is 0 Å². The van der Waals surface area contributed by atoms with Crippen LogP contribution >= 0.6 is 0 Å². The Kier molecular flexibility index (Phi) is 3.43. The Bertz CT molecular complexity index is 1090. The summed E-state index contributed by atoms with van der Waals surface area (Å²) in [6, 6.07) is 24.7. The number of fused-ring (bicyclic) bond motifs is 2. The van der Waals surface area contributed by atoms with Gasteiger partial charge < -0.3 is 0 Å². The van der Waals surface area contributed by atoms with Crippen LogP contribution < -0.4 is 0 Å². The molecule has 114 valence electrons. The molecule has 0 aromatic heterocycles. The summed E-state index contributed by atoms with van der Waals surface area (Å²) in [5, 5.41) is 3.66. The van der Waals surface area contributed by atoms with Crippen molar-refractivity contribution in [1.82, 2.24) is 0 Å². The first-order valence-corrected chi connectivity index (χ1v) is 7.79. The predicted octanol–water partition coefficient (Wildman–Crippen LogP) is 5.04. The van der Waals surface area contributed by atoms with E-state index in [4.69, 9.17) is 0 Å². The van der Waals surface area contributed by atoms with Crippen molar-refractivity contribution in [2.24, 2.45) is 0 Å². The second-order valence-corrected chi connectivity index (χ2v) is 5.72. The van der Waals surface area contributed by atoms with Gasteiger partial charge in [0.15, 0.2) is 12.1 Å². The molecule has 0 aliphatic carbocycles. The van der Waals surface area contributed by atoms with Gasteiger partial charge in [0, 0.05) is 16.7 Å². The molecule has 24 heavy (non-hydrogen) atoms. The highest BCUT2D eigenvalue weighted by atomic mass is 16.1. The van der Waals surface area contributed by atoms with Crippen molar-refractivity contribution in [3.63, 3.8) is 0 Å². The highest BCUT2D eigenvalue weighted by Crippen LogP contribution is 2.27. The summed E-state index contributed by atoms with van der Waals surface area (Å²) in [6.07, 6.45) is 0.755. The molecule has 0 unspecified atom stereocenters. The molecule has 0 aliphatic rings. The van der Waals surface area contributed by atoms with E-state index in [1.54, 1.807) is 6.07 Å². The lowest BCUT2D eigenvalue weighted by Gasteiger charge is -2.11. The quantitative estimate of drug-likeness (QED) is 0.392. The van der Waals surface area contributed by atoms with Crippen LogP contribution in [0.1, 0.15) is 26.3 Å². The van der Waals surface area contributed by atoms with Crippen molar-refractivity contribution in [3.05, 3.63) is 95.6 Å². The molecule has 2 heteroatoms. The van der Waals surface area contributed by atoms with E-state index < -0.39 is 0 Å². The third-order valence-corrected chi connectivity index (χ3v) is 4.35. The first-order valence-electron chi connectivity index (χ1n) is 7.79. The standard InChI is InChI=1S/C22H14O2/c23-14-17-13-12-16-7-2-4-10-19(16)21(17)22(24)20-11-5-8-15-6-1-3-9-18(15)20/h1-14H. The zero-order valence-electron chi connectivity index (χ0n) is 12.9. The van der Waals surface area contributed by atoms with E-state index >= 15 is 0 Å². The van der Waals surface area contributed by atoms with Gasteiger partial charge in [-0.15, -0.1) is 0 Å². The smallest absolute Gasteiger partial charge is 0.194 e.